The summed E-state index contributed by atoms with van der Waals surface area (Å²) in [6.07, 6.45) is 0.652. The zero-order valence-corrected chi connectivity index (χ0v) is 12.8. The predicted octanol–water partition coefficient (Wildman–Crippen LogP) is 1.75. The van der Waals surface area contributed by atoms with Gasteiger partial charge in [-0.25, -0.2) is 13.1 Å². The molecule has 0 bridgehead atoms. The Balaban J connectivity index is 3.97. The van der Waals surface area contributed by atoms with Gasteiger partial charge in [-0.1, -0.05) is 36.7 Å². The average molecular weight is 316 g/mol. The Hall–Kier alpha value is 0.350. The van der Waals surface area contributed by atoms with Crippen molar-refractivity contribution in [3.63, 3.8) is 0 Å². The molecule has 0 saturated carbocycles. The smallest absolute Gasteiger partial charge is 0.211 e. The van der Waals surface area contributed by atoms with Crippen LogP contribution in [0.15, 0.2) is 0 Å². The molecule has 0 amide bonds. The van der Waals surface area contributed by atoms with Crippen molar-refractivity contribution >= 4 is 26.0 Å². The van der Waals surface area contributed by atoms with Crippen LogP contribution in [-0.2, 0) is 14.8 Å². The molecule has 1 N–H and O–H groups in total. The number of hydrogen-bond donors (Lipinski definition) is 1. The monoisotopic (exact) mass is 315 g/mol. The normalized spacial score (nSPS) is 15.1. The van der Waals surface area contributed by atoms with Crippen LogP contribution < -0.4 is 4.72 Å². The number of hydrogen-bond acceptors (Lipinski definition) is 3. The van der Waals surface area contributed by atoms with Crippen molar-refractivity contribution in [2.75, 3.05) is 26.0 Å². The van der Waals surface area contributed by atoms with Crippen molar-refractivity contribution in [3.05, 3.63) is 0 Å². The highest BCUT2D eigenvalue weighted by molar-refractivity contribution is 9.09. The van der Waals surface area contributed by atoms with Gasteiger partial charge in [0.15, 0.2) is 0 Å². The van der Waals surface area contributed by atoms with E-state index in [1.807, 2.05) is 20.8 Å². The van der Waals surface area contributed by atoms with Gasteiger partial charge in [-0.05, 0) is 11.8 Å². The first-order valence-electron chi connectivity index (χ1n) is 5.26. The van der Waals surface area contributed by atoms with Gasteiger partial charge in [-0.15, -0.1) is 0 Å². The Morgan fingerprint density at radius 3 is 2.38 bits per heavy atom. The summed E-state index contributed by atoms with van der Waals surface area (Å²) in [6.45, 7) is 6.93. The van der Waals surface area contributed by atoms with E-state index in [2.05, 4.69) is 20.7 Å². The van der Waals surface area contributed by atoms with Crippen LogP contribution >= 0.6 is 15.9 Å². The van der Waals surface area contributed by atoms with E-state index in [-0.39, 0.29) is 16.0 Å². The second-order valence-corrected chi connectivity index (χ2v) is 8.25. The Labute approximate surface area is 107 Å². The molecule has 0 heterocycles. The molecule has 16 heavy (non-hydrogen) atoms. The van der Waals surface area contributed by atoms with Crippen LogP contribution in [-0.4, -0.2) is 39.3 Å². The molecule has 0 aliphatic rings. The highest BCUT2D eigenvalue weighted by atomic mass is 79.9. The predicted molar refractivity (Wildman–Crippen MR) is 70.5 cm³/mol. The van der Waals surface area contributed by atoms with Crippen LogP contribution in [0.1, 0.15) is 27.2 Å². The maximum atomic E-state index is 11.6. The topological polar surface area (TPSA) is 55.4 Å². The standard InChI is InChI=1S/C10H22BrNO3S/c1-10(2,3)5-6-16(13,14)12-7-9(11)8-15-4/h9,12H,5-8H2,1-4H3. The highest BCUT2D eigenvalue weighted by Gasteiger charge is 2.17. The van der Waals surface area contributed by atoms with Crippen molar-refractivity contribution < 1.29 is 13.2 Å². The fourth-order valence-corrected chi connectivity index (χ4v) is 3.09. The molecule has 6 heteroatoms. The maximum Gasteiger partial charge on any atom is 0.211 e. The van der Waals surface area contributed by atoms with Gasteiger partial charge in [-0.2, -0.15) is 0 Å². The van der Waals surface area contributed by atoms with Crippen LogP contribution in [0.2, 0.25) is 0 Å². The third-order valence-electron chi connectivity index (χ3n) is 1.99. The van der Waals surface area contributed by atoms with Crippen molar-refractivity contribution in [1.29, 1.82) is 0 Å². The number of halogens is 1. The number of ether oxygens (including phenoxy) is 1. The van der Waals surface area contributed by atoms with Gasteiger partial charge in [0.05, 0.1) is 17.2 Å². The Bertz CT molecular complexity index is 285. The third-order valence-corrected chi connectivity index (χ3v) is 3.93. The molecule has 1 unspecified atom stereocenters. The molecule has 0 aromatic carbocycles. The summed E-state index contributed by atoms with van der Waals surface area (Å²) in [4.78, 5) is 0.0157. The molecule has 0 aliphatic carbocycles. The van der Waals surface area contributed by atoms with Crippen molar-refractivity contribution in [3.8, 4) is 0 Å². The largest absolute Gasteiger partial charge is 0.383 e. The molecular weight excluding hydrogens is 294 g/mol. The van der Waals surface area contributed by atoms with Crippen molar-refractivity contribution in [2.45, 2.75) is 32.0 Å². The molecule has 4 nitrogen and oxygen atoms in total. The molecule has 0 aromatic heterocycles. The summed E-state index contributed by atoms with van der Waals surface area (Å²) in [5.74, 6) is 0.170. The summed E-state index contributed by atoms with van der Waals surface area (Å²) >= 11 is 3.33. The van der Waals surface area contributed by atoms with Gasteiger partial charge in [0.1, 0.15) is 0 Å². The second kappa shape index (κ2) is 6.93. The van der Waals surface area contributed by atoms with E-state index in [1.165, 1.54) is 0 Å². The molecule has 1 atom stereocenters. The lowest BCUT2D eigenvalue weighted by molar-refractivity contribution is 0.201. The fraction of sp³-hybridized carbons (Fsp3) is 1.00. The van der Waals surface area contributed by atoms with Crippen molar-refractivity contribution in [1.82, 2.24) is 4.72 Å². The van der Waals surface area contributed by atoms with E-state index in [0.717, 1.165) is 0 Å². The summed E-state index contributed by atoms with van der Waals surface area (Å²) in [7, 11) is -1.58. The number of alkyl halides is 1. The first kappa shape index (κ1) is 16.4. The van der Waals surface area contributed by atoms with Gasteiger partial charge < -0.3 is 4.74 Å². The molecule has 0 aliphatic heterocycles. The van der Waals surface area contributed by atoms with Crippen molar-refractivity contribution in [2.24, 2.45) is 5.41 Å². The lowest BCUT2D eigenvalue weighted by Crippen LogP contribution is -2.34. The van der Waals surface area contributed by atoms with Gasteiger partial charge in [-0.3, -0.25) is 0 Å². The molecule has 98 valence electrons. The number of nitrogens with one attached hydrogen (secondary N) is 1. The van der Waals surface area contributed by atoms with E-state index in [4.69, 9.17) is 4.74 Å². The summed E-state index contributed by atoms with van der Waals surface area (Å²) < 4.78 is 30.7. The van der Waals surface area contributed by atoms with E-state index >= 15 is 0 Å². The molecule has 0 radical (unpaired) electrons. The van der Waals surface area contributed by atoms with E-state index < -0.39 is 10.0 Å². The summed E-state index contributed by atoms with van der Waals surface area (Å²) in [6, 6.07) is 0. The summed E-state index contributed by atoms with van der Waals surface area (Å²) in [5.41, 5.74) is 0.0368. The Morgan fingerprint density at radius 2 is 1.94 bits per heavy atom. The second-order valence-electron chi connectivity index (χ2n) is 5.03. The van der Waals surface area contributed by atoms with Gasteiger partial charge in [0.25, 0.3) is 0 Å². The van der Waals surface area contributed by atoms with E-state index in [9.17, 15) is 8.42 Å². The highest BCUT2D eigenvalue weighted by Crippen LogP contribution is 2.18. The minimum atomic E-state index is -3.16. The minimum absolute atomic E-state index is 0.0157. The number of methoxy groups -OCH3 is 1. The zero-order valence-electron chi connectivity index (χ0n) is 10.4. The van der Waals surface area contributed by atoms with Crippen LogP contribution in [0.5, 0.6) is 0 Å². The first-order chi connectivity index (χ1) is 7.16. The third kappa shape index (κ3) is 9.57. The van der Waals surface area contributed by atoms with Crippen LogP contribution in [0, 0.1) is 5.41 Å². The molecule has 0 rings (SSSR count). The molecular formula is C10H22BrNO3S. The lowest BCUT2D eigenvalue weighted by atomic mass is 9.94. The fourth-order valence-electron chi connectivity index (χ4n) is 0.970. The number of sulfonamides is 1. The molecule has 0 aromatic rings. The average Bonchev–Trinajstić information content (AvgIpc) is 2.12. The Morgan fingerprint density at radius 1 is 1.38 bits per heavy atom. The zero-order chi connectivity index (χ0) is 12.8. The van der Waals surface area contributed by atoms with Crippen LogP contribution in [0.4, 0.5) is 0 Å². The molecule has 0 fully saturated rings. The summed E-state index contributed by atoms with van der Waals surface area (Å²) in [5, 5.41) is 0. The van der Waals surface area contributed by atoms with E-state index in [0.29, 0.717) is 19.6 Å². The number of rotatable bonds is 7. The molecule has 0 spiro atoms. The SMILES string of the molecule is COCC(Br)CNS(=O)(=O)CCC(C)(C)C. The van der Waals surface area contributed by atoms with Gasteiger partial charge in [0.2, 0.25) is 10.0 Å². The van der Waals surface area contributed by atoms with Crippen LogP contribution in [0.3, 0.4) is 0 Å². The first-order valence-corrected chi connectivity index (χ1v) is 7.83. The Kier molecular flexibility index (Phi) is 7.09. The van der Waals surface area contributed by atoms with Crippen LogP contribution in [0.25, 0.3) is 0 Å². The lowest BCUT2D eigenvalue weighted by Gasteiger charge is -2.18. The minimum Gasteiger partial charge on any atom is -0.383 e. The molecule has 0 saturated heterocycles. The quantitative estimate of drug-likeness (QED) is 0.728. The van der Waals surface area contributed by atoms with Gasteiger partial charge >= 0.3 is 0 Å². The van der Waals surface area contributed by atoms with E-state index in [1.54, 1.807) is 7.11 Å². The van der Waals surface area contributed by atoms with Gasteiger partial charge in [0, 0.05) is 13.7 Å². The maximum absolute atomic E-state index is 11.6.